The van der Waals surface area contributed by atoms with Crippen LogP contribution in [0.25, 0.3) is 0 Å². The molecule has 3 nitrogen and oxygen atoms in total. The molecule has 0 saturated carbocycles. The molecule has 0 atom stereocenters. The highest BCUT2D eigenvalue weighted by molar-refractivity contribution is 5.34. The van der Waals surface area contributed by atoms with Gasteiger partial charge < -0.3 is 14.2 Å². The van der Waals surface area contributed by atoms with Crippen molar-refractivity contribution in [3.05, 3.63) is 29.8 Å². The molecule has 0 heterocycles. The molecule has 0 radical (unpaired) electrons. The minimum absolute atomic E-state index is 0.233. The highest BCUT2D eigenvalue weighted by atomic mass is 16.7. The van der Waals surface area contributed by atoms with Crippen molar-refractivity contribution in [2.45, 2.75) is 6.29 Å². The normalized spacial score (nSPS) is 10.0. The largest absolute Gasteiger partial charge is 0.480 e. The third-order valence-electron chi connectivity index (χ3n) is 1.91. The molecule has 80 valence electrons. The van der Waals surface area contributed by atoms with Crippen LogP contribution in [0.1, 0.15) is 11.9 Å². The number of terminal acetylenes is 1. The predicted molar refractivity (Wildman–Crippen MR) is 57.5 cm³/mol. The minimum atomic E-state index is -0.432. The quantitative estimate of drug-likeness (QED) is 0.544. The van der Waals surface area contributed by atoms with Crippen LogP contribution in [0.3, 0.4) is 0 Å². The first-order chi connectivity index (χ1) is 7.33. The van der Waals surface area contributed by atoms with E-state index in [0.717, 1.165) is 5.56 Å². The van der Waals surface area contributed by atoms with Crippen molar-refractivity contribution < 1.29 is 14.2 Å². The highest BCUT2D eigenvalue weighted by Crippen LogP contribution is 2.27. The SMILES string of the molecule is C#CCOc1ccccc1C(OC)OC. The summed E-state index contributed by atoms with van der Waals surface area (Å²) in [5, 5.41) is 0. The van der Waals surface area contributed by atoms with E-state index in [2.05, 4.69) is 5.92 Å². The average Bonchev–Trinajstić information content (AvgIpc) is 2.29. The van der Waals surface area contributed by atoms with E-state index in [1.165, 1.54) is 0 Å². The van der Waals surface area contributed by atoms with E-state index in [0.29, 0.717) is 5.75 Å². The molecule has 0 aliphatic rings. The molecule has 0 aliphatic heterocycles. The summed E-state index contributed by atoms with van der Waals surface area (Å²) >= 11 is 0. The van der Waals surface area contributed by atoms with Gasteiger partial charge in [-0.3, -0.25) is 0 Å². The lowest BCUT2D eigenvalue weighted by molar-refractivity contribution is -0.107. The summed E-state index contributed by atoms with van der Waals surface area (Å²) in [5.74, 6) is 3.10. The van der Waals surface area contributed by atoms with Gasteiger partial charge in [-0.2, -0.15) is 0 Å². The van der Waals surface area contributed by atoms with Crippen LogP contribution < -0.4 is 4.74 Å². The maximum Gasteiger partial charge on any atom is 0.186 e. The molecular weight excluding hydrogens is 192 g/mol. The lowest BCUT2D eigenvalue weighted by Gasteiger charge is -2.16. The van der Waals surface area contributed by atoms with Crippen LogP contribution in [0.15, 0.2) is 24.3 Å². The van der Waals surface area contributed by atoms with Crippen molar-refractivity contribution in [1.82, 2.24) is 0 Å². The van der Waals surface area contributed by atoms with Crippen molar-refractivity contribution in [2.24, 2.45) is 0 Å². The van der Waals surface area contributed by atoms with E-state index in [1.54, 1.807) is 14.2 Å². The summed E-state index contributed by atoms with van der Waals surface area (Å²) < 4.78 is 15.7. The Balaban J connectivity index is 2.90. The van der Waals surface area contributed by atoms with Gasteiger partial charge in [0.15, 0.2) is 6.29 Å². The van der Waals surface area contributed by atoms with Crippen LogP contribution in [0.5, 0.6) is 5.75 Å². The molecule has 1 aromatic rings. The number of hydrogen-bond acceptors (Lipinski definition) is 3. The summed E-state index contributed by atoms with van der Waals surface area (Å²) in [6, 6.07) is 7.47. The molecule has 3 heteroatoms. The second kappa shape index (κ2) is 6.07. The first-order valence-electron chi connectivity index (χ1n) is 4.54. The van der Waals surface area contributed by atoms with Gasteiger partial charge in [0.1, 0.15) is 12.4 Å². The molecule has 0 aliphatic carbocycles. The fourth-order valence-corrected chi connectivity index (χ4v) is 1.28. The van der Waals surface area contributed by atoms with Crippen LogP contribution in [-0.4, -0.2) is 20.8 Å². The van der Waals surface area contributed by atoms with E-state index in [1.807, 2.05) is 24.3 Å². The maximum absolute atomic E-state index is 5.37. The van der Waals surface area contributed by atoms with E-state index in [9.17, 15) is 0 Å². The van der Waals surface area contributed by atoms with Crippen LogP contribution >= 0.6 is 0 Å². The lowest BCUT2D eigenvalue weighted by atomic mass is 10.2. The van der Waals surface area contributed by atoms with Gasteiger partial charge >= 0.3 is 0 Å². The number of para-hydroxylation sites is 1. The van der Waals surface area contributed by atoms with E-state index in [-0.39, 0.29) is 6.61 Å². The van der Waals surface area contributed by atoms with Crippen LogP contribution in [0.2, 0.25) is 0 Å². The molecule has 0 aromatic heterocycles. The van der Waals surface area contributed by atoms with Crippen molar-refractivity contribution in [1.29, 1.82) is 0 Å². The third kappa shape index (κ3) is 2.98. The number of benzene rings is 1. The zero-order valence-corrected chi connectivity index (χ0v) is 8.90. The number of ether oxygens (including phenoxy) is 3. The van der Waals surface area contributed by atoms with Crippen LogP contribution in [0, 0.1) is 12.3 Å². The average molecular weight is 206 g/mol. The number of methoxy groups -OCH3 is 2. The van der Waals surface area contributed by atoms with Crippen molar-refractivity contribution >= 4 is 0 Å². The van der Waals surface area contributed by atoms with Crippen molar-refractivity contribution in [2.75, 3.05) is 20.8 Å². The topological polar surface area (TPSA) is 27.7 Å². The van der Waals surface area contributed by atoms with Gasteiger partial charge in [0.2, 0.25) is 0 Å². The molecule has 1 aromatic carbocycles. The molecule has 15 heavy (non-hydrogen) atoms. The van der Waals surface area contributed by atoms with Crippen molar-refractivity contribution in [3.63, 3.8) is 0 Å². The van der Waals surface area contributed by atoms with Gasteiger partial charge in [0.25, 0.3) is 0 Å². The van der Waals surface area contributed by atoms with Gasteiger partial charge in [-0.1, -0.05) is 24.1 Å². The Kier molecular flexibility index (Phi) is 4.69. The summed E-state index contributed by atoms with van der Waals surface area (Å²) in [6.07, 6.45) is 4.70. The molecule has 1 rings (SSSR count). The third-order valence-corrected chi connectivity index (χ3v) is 1.91. The fraction of sp³-hybridized carbons (Fsp3) is 0.333. The number of rotatable bonds is 5. The Hall–Kier alpha value is -1.50. The zero-order valence-electron chi connectivity index (χ0n) is 8.90. The highest BCUT2D eigenvalue weighted by Gasteiger charge is 2.13. The number of hydrogen-bond donors (Lipinski definition) is 0. The van der Waals surface area contributed by atoms with Crippen LogP contribution in [0.4, 0.5) is 0 Å². The Morgan fingerprint density at radius 1 is 1.27 bits per heavy atom. The minimum Gasteiger partial charge on any atom is -0.480 e. The first-order valence-corrected chi connectivity index (χ1v) is 4.54. The standard InChI is InChI=1S/C12H14O3/c1-4-9-15-11-8-6-5-7-10(11)12(13-2)14-3/h1,5-8,12H,9H2,2-3H3. The molecule has 0 spiro atoms. The summed E-state index contributed by atoms with van der Waals surface area (Å²) in [7, 11) is 3.15. The monoisotopic (exact) mass is 206 g/mol. The Bertz CT molecular complexity index is 337. The van der Waals surface area contributed by atoms with Gasteiger partial charge in [-0.25, -0.2) is 0 Å². The molecule has 0 N–H and O–H groups in total. The fourth-order valence-electron chi connectivity index (χ4n) is 1.28. The second-order valence-electron chi connectivity index (χ2n) is 2.83. The van der Waals surface area contributed by atoms with E-state index >= 15 is 0 Å². The van der Waals surface area contributed by atoms with Gasteiger partial charge in [0, 0.05) is 19.8 Å². The van der Waals surface area contributed by atoms with E-state index < -0.39 is 6.29 Å². The summed E-state index contributed by atoms with van der Waals surface area (Å²) in [5.41, 5.74) is 0.831. The lowest BCUT2D eigenvalue weighted by Crippen LogP contribution is -2.06. The molecule has 0 fully saturated rings. The van der Waals surface area contributed by atoms with Gasteiger partial charge in [-0.15, -0.1) is 6.42 Å². The predicted octanol–water partition coefficient (Wildman–Crippen LogP) is 1.99. The Labute approximate surface area is 90.0 Å². The molecule has 0 saturated heterocycles. The van der Waals surface area contributed by atoms with Crippen molar-refractivity contribution in [3.8, 4) is 18.1 Å². The second-order valence-corrected chi connectivity index (χ2v) is 2.83. The molecular formula is C12H14O3. The van der Waals surface area contributed by atoms with Gasteiger partial charge in [0.05, 0.1) is 0 Å². The zero-order chi connectivity index (χ0) is 11.1. The smallest absolute Gasteiger partial charge is 0.186 e. The van der Waals surface area contributed by atoms with Crippen LogP contribution in [-0.2, 0) is 9.47 Å². The Morgan fingerprint density at radius 2 is 1.93 bits per heavy atom. The summed E-state index contributed by atoms with van der Waals surface area (Å²) in [6.45, 7) is 0.233. The first kappa shape index (κ1) is 11.6. The molecule has 0 unspecified atom stereocenters. The summed E-state index contributed by atoms with van der Waals surface area (Å²) in [4.78, 5) is 0. The molecule has 0 amide bonds. The molecule has 0 bridgehead atoms. The van der Waals surface area contributed by atoms with E-state index in [4.69, 9.17) is 20.6 Å². The van der Waals surface area contributed by atoms with Gasteiger partial charge in [-0.05, 0) is 6.07 Å². The Morgan fingerprint density at radius 3 is 2.53 bits per heavy atom. The maximum atomic E-state index is 5.37.